The molecular weight excluding hydrogens is 711 g/mol. The van der Waals surface area contributed by atoms with Gasteiger partial charge in [0.1, 0.15) is 12.0 Å². The minimum absolute atomic E-state index is 0.376. The number of nitrogens with one attached hydrogen (secondary N) is 1. The van der Waals surface area contributed by atoms with Crippen LogP contribution in [0.3, 0.4) is 0 Å². The van der Waals surface area contributed by atoms with Crippen molar-refractivity contribution < 1.29 is 0 Å². The van der Waals surface area contributed by atoms with Gasteiger partial charge in [-0.2, -0.15) is 0 Å². The average molecular weight is 744 g/mol. The maximum Gasteiger partial charge on any atom is 0.160 e. The maximum atomic E-state index is 5.61. The fourth-order valence-corrected chi connectivity index (χ4v) is 10.2. The molecule has 0 spiro atoms. The van der Waals surface area contributed by atoms with Gasteiger partial charge in [-0.25, -0.2) is 9.98 Å². The van der Waals surface area contributed by atoms with Crippen LogP contribution in [0.15, 0.2) is 198 Å². The van der Waals surface area contributed by atoms with Crippen LogP contribution in [0.25, 0.3) is 85.2 Å². The Hall–Kier alpha value is -7.14. The molecule has 0 radical (unpaired) electrons. The summed E-state index contributed by atoms with van der Waals surface area (Å²) in [7, 11) is 0. The highest BCUT2D eigenvalue weighted by molar-refractivity contribution is 7.26. The molecule has 1 aliphatic heterocycles. The summed E-state index contributed by atoms with van der Waals surface area (Å²) < 4.78 is 2.51. The Kier molecular flexibility index (Phi) is 7.16. The summed E-state index contributed by atoms with van der Waals surface area (Å²) in [5.41, 5.74) is 5.58. The number of hydrogen-bond donors (Lipinski definition) is 1. The molecule has 0 aliphatic carbocycles. The van der Waals surface area contributed by atoms with Crippen molar-refractivity contribution in [3.05, 3.63) is 205 Å². The molecule has 0 bridgehead atoms. The third-order valence-electron chi connectivity index (χ3n) is 11.7. The Balaban J connectivity index is 1.19. The lowest BCUT2D eigenvalue weighted by atomic mass is 9.88. The largest absolute Gasteiger partial charge is 0.344 e. The van der Waals surface area contributed by atoms with Crippen LogP contribution in [0.4, 0.5) is 0 Å². The highest BCUT2D eigenvalue weighted by Crippen LogP contribution is 2.46. The lowest BCUT2D eigenvalue weighted by Crippen LogP contribution is -2.34. The van der Waals surface area contributed by atoms with Crippen LogP contribution < -0.4 is 5.32 Å². The van der Waals surface area contributed by atoms with Gasteiger partial charge in [0.2, 0.25) is 0 Å². The fraction of sp³-hybridized carbons (Fsp3) is 0.0189. The van der Waals surface area contributed by atoms with Gasteiger partial charge in [-0.3, -0.25) is 0 Å². The molecule has 266 valence electrons. The van der Waals surface area contributed by atoms with Crippen molar-refractivity contribution >= 4 is 97.0 Å². The normalized spacial score (nSPS) is 14.5. The number of nitrogens with zero attached hydrogens (tertiary/aromatic N) is 2. The van der Waals surface area contributed by atoms with Crippen molar-refractivity contribution in [2.45, 2.75) is 6.17 Å². The molecule has 2 heterocycles. The molecule has 10 aromatic carbocycles. The maximum absolute atomic E-state index is 5.61. The zero-order chi connectivity index (χ0) is 37.5. The predicted molar refractivity (Wildman–Crippen MR) is 244 cm³/mol. The summed E-state index contributed by atoms with van der Waals surface area (Å²) in [4.78, 5) is 11.0. The van der Waals surface area contributed by atoms with Crippen LogP contribution >= 0.6 is 11.3 Å². The van der Waals surface area contributed by atoms with Gasteiger partial charge in [0, 0.05) is 36.7 Å². The second-order valence-corrected chi connectivity index (χ2v) is 16.0. The molecular formula is C53H33N3S. The Morgan fingerprint density at radius 1 is 0.421 bits per heavy atom. The number of fused-ring (bicyclic) bond motifs is 11. The van der Waals surface area contributed by atoms with E-state index in [0.29, 0.717) is 0 Å². The molecule has 11 aromatic rings. The van der Waals surface area contributed by atoms with Gasteiger partial charge in [0.05, 0.1) is 0 Å². The van der Waals surface area contributed by atoms with Crippen molar-refractivity contribution in [1.29, 1.82) is 0 Å². The van der Waals surface area contributed by atoms with Gasteiger partial charge in [0.25, 0.3) is 0 Å². The zero-order valence-corrected chi connectivity index (χ0v) is 31.6. The second-order valence-electron chi connectivity index (χ2n) is 14.9. The lowest BCUT2D eigenvalue weighted by molar-refractivity contribution is 0.675. The van der Waals surface area contributed by atoms with Crippen LogP contribution in [-0.2, 0) is 0 Å². The molecule has 1 atom stereocenters. The summed E-state index contributed by atoms with van der Waals surface area (Å²) >= 11 is 1.87. The Labute approximate surface area is 332 Å². The number of hydrogen-bond acceptors (Lipinski definition) is 4. The Morgan fingerprint density at radius 3 is 1.79 bits per heavy atom. The molecule has 12 rings (SSSR count). The number of rotatable bonds is 4. The standard InChI is InChI=1S/C53H33N3S/c1-2-13-32(14-3-1)33-25-27-35(28-26-33)51-54-52(43-24-12-18-34-15-6-7-19-38(34)43)56-53(55-51)50-48-42-23-11-10-21-40(42)39-20-8-9-22-41(39)44(48)31-47-49(50)45-29-36-16-4-5-17-37(36)30-46(45)57-47/h1-31,51H,(H,54,55,56). The van der Waals surface area contributed by atoms with Gasteiger partial charge in [-0.05, 0) is 83.4 Å². The van der Waals surface area contributed by atoms with Gasteiger partial charge in [0.15, 0.2) is 5.84 Å². The van der Waals surface area contributed by atoms with E-state index in [4.69, 9.17) is 9.98 Å². The number of amidine groups is 2. The highest BCUT2D eigenvalue weighted by atomic mass is 32.1. The van der Waals surface area contributed by atoms with Crippen LogP contribution in [0.2, 0.25) is 0 Å². The third kappa shape index (κ3) is 5.11. The molecule has 0 fully saturated rings. The van der Waals surface area contributed by atoms with E-state index >= 15 is 0 Å². The summed E-state index contributed by atoms with van der Waals surface area (Å²) in [6, 6.07) is 67.9. The topological polar surface area (TPSA) is 36.8 Å². The third-order valence-corrected chi connectivity index (χ3v) is 12.8. The van der Waals surface area contributed by atoms with Gasteiger partial charge in [-0.1, -0.05) is 170 Å². The van der Waals surface area contributed by atoms with E-state index in [0.717, 1.165) is 39.1 Å². The molecule has 1 N–H and O–H groups in total. The molecule has 0 amide bonds. The molecule has 57 heavy (non-hydrogen) atoms. The minimum atomic E-state index is -0.376. The van der Waals surface area contributed by atoms with Crippen LogP contribution in [-0.4, -0.2) is 11.7 Å². The smallest absolute Gasteiger partial charge is 0.160 e. The van der Waals surface area contributed by atoms with Crippen molar-refractivity contribution in [3.8, 4) is 11.1 Å². The quantitative estimate of drug-likeness (QED) is 0.179. The second kappa shape index (κ2) is 12.7. The molecule has 1 unspecified atom stereocenters. The fourth-order valence-electron chi connectivity index (χ4n) is 9.02. The number of aliphatic imine (C=N–C) groups is 2. The number of thiophene rings is 1. The summed E-state index contributed by atoms with van der Waals surface area (Å²) in [6.07, 6.45) is -0.376. The molecule has 0 saturated heterocycles. The van der Waals surface area contributed by atoms with E-state index in [1.54, 1.807) is 0 Å². The van der Waals surface area contributed by atoms with E-state index in [1.807, 2.05) is 11.3 Å². The SMILES string of the molecule is c1ccc(-c2ccc(C3N=C(c4cccc5ccccc45)N=C(c4c5c(cc6c7ccccc7c7ccccc7c46)sc4cc6ccccc6cc45)N3)cc2)cc1. The summed E-state index contributed by atoms with van der Waals surface area (Å²) in [5, 5.41) is 18.6. The van der Waals surface area contributed by atoms with E-state index in [1.165, 1.54) is 74.4 Å². The molecule has 1 aliphatic rings. The van der Waals surface area contributed by atoms with Crippen LogP contribution in [0, 0.1) is 0 Å². The molecule has 1 aromatic heterocycles. The average Bonchev–Trinajstić information content (AvgIpc) is 3.64. The highest BCUT2D eigenvalue weighted by Gasteiger charge is 2.27. The van der Waals surface area contributed by atoms with E-state index in [-0.39, 0.29) is 6.17 Å². The minimum Gasteiger partial charge on any atom is -0.344 e. The van der Waals surface area contributed by atoms with Crippen LogP contribution in [0.5, 0.6) is 0 Å². The van der Waals surface area contributed by atoms with Crippen molar-refractivity contribution in [1.82, 2.24) is 5.32 Å². The van der Waals surface area contributed by atoms with Crippen molar-refractivity contribution in [2.24, 2.45) is 9.98 Å². The van der Waals surface area contributed by atoms with Gasteiger partial charge >= 0.3 is 0 Å². The van der Waals surface area contributed by atoms with Gasteiger partial charge in [-0.15, -0.1) is 11.3 Å². The van der Waals surface area contributed by atoms with Crippen LogP contribution in [0.1, 0.15) is 22.9 Å². The number of benzene rings is 10. The van der Waals surface area contributed by atoms with Gasteiger partial charge < -0.3 is 5.32 Å². The predicted octanol–water partition coefficient (Wildman–Crippen LogP) is 14.0. The summed E-state index contributed by atoms with van der Waals surface area (Å²) in [6.45, 7) is 0. The Morgan fingerprint density at radius 2 is 1.02 bits per heavy atom. The Bertz CT molecular complexity index is 3480. The first-order valence-corrected chi connectivity index (χ1v) is 20.2. The lowest BCUT2D eigenvalue weighted by Gasteiger charge is -2.26. The molecule has 0 saturated carbocycles. The summed E-state index contributed by atoms with van der Waals surface area (Å²) in [5.74, 6) is 1.55. The van der Waals surface area contributed by atoms with Crippen molar-refractivity contribution in [2.75, 3.05) is 0 Å². The first kappa shape index (κ1) is 32.1. The molecule has 4 heteroatoms. The van der Waals surface area contributed by atoms with E-state index in [9.17, 15) is 0 Å². The molecule has 3 nitrogen and oxygen atoms in total. The van der Waals surface area contributed by atoms with E-state index < -0.39 is 0 Å². The zero-order valence-electron chi connectivity index (χ0n) is 30.8. The first-order valence-electron chi connectivity index (χ1n) is 19.4. The van der Waals surface area contributed by atoms with E-state index in [2.05, 4.69) is 193 Å². The van der Waals surface area contributed by atoms with Crippen molar-refractivity contribution in [3.63, 3.8) is 0 Å². The first-order chi connectivity index (χ1) is 28.2. The monoisotopic (exact) mass is 743 g/mol.